The molecule has 4 atom stereocenters. The van der Waals surface area contributed by atoms with Gasteiger partial charge >= 0.3 is 11.9 Å². The molecule has 1 fully saturated rings. The van der Waals surface area contributed by atoms with Crippen LogP contribution >= 0.6 is 0 Å². The normalized spacial score (nSPS) is 18.1. The summed E-state index contributed by atoms with van der Waals surface area (Å²) in [6, 6.07) is -5.09. The lowest BCUT2D eigenvalue weighted by molar-refractivity contribution is -0.144. The van der Waals surface area contributed by atoms with Crippen LogP contribution in [0.5, 0.6) is 0 Å². The van der Waals surface area contributed by atoms with Crippen molar-refractivity contribution in [3.05, 3.63) is 0 Å². The Morgan fingerprint density at radius 2 is 1.67 bits per heavy atom. The number of unbranched alkanes of at least 4 members (excludes halogenated alkanes) is 1. The lowest BCUT2D eigenvalue weighted by atomic mass is 10.1. The Morgan fingerprint density at radius 3 is 2.21 bits per heavy atom. The first-order valence-electron chi connectivity index (χ1n) is 10.6. The maximum atomic E-state index is 12.8. The smallest absolute Gasteiger partial charge is 0.326 e. The van der Waals surface area contributed by atoms with E-state index < -0.39 is 72.6 Å². The van der Waals surface area contributed by atoms with Gasteiger partial charge in [0.05, 0.1) is 18.9 Å². The highest BCUT2D eigenvalue weighted by Gasteiger charge is 2.38. The molecule has 14 nitrogen and oxygen atoms in total. The number of hydrogen-bond donors (Lipinski definition) is 7. The molecule has 1 heterocycles. The molecule has 186 valence electrons. The summed E-state index contributed by atoms with van der Waals surface area (Å²) in [7, 11) is 0. The van der Waals surface area contributed by atoms with Crippen LogP contribution in [0, 0.1) is 0 Å². The van der Waals surface area contributed by atoms with Gasteiger partial charge in [-0.25, -0.2) is 4.79 Å². The Hall–Kier alpha value is -3.26. The van der Waals surface area contributed by atoms with Crippen molar-refractivity contribution in [2.75, 3.05) is 13.1 Å². The molecular weight excluding hydrogens is 440 g/mol. The minimum atomic E-state index is -1.46. The monoisotopic (exact) mass is 472 g/mol. The van der Waals surface area contributed by atoms with E-state index in [0.29, 0.717) is 25.8 Å². The van der Waals surface area contributed by atoms with Gasteiger partial charge in [0.2, 0.25) is 23.6 Å². The van der Waals surface area contributed by atoms with Gasteiger partial charge in [0.1, 0.15) is 18.1 Å². The molecule has 10 N–H and O–H groups in total. The summed E-state index contributed by atoms with van der Waals surface area (Å²) < 4.78 is 0. The molecule has 14 heteroatoms. The molecule has 0 aromatic heterocycles. The summed E-state index contributed by atoms with van der Waals surface area (Å²) in [6.07, 6.45) is 0.565. The summed E-state index contributed by atoms with van der Waals surface area (Å²) in [6.45, 7) is 0.520. The second-order valence-corrected chi connectivity index (χ2v) is 7.81. The molecule has 0 aromatic carbocycles. The highest BCUT2D eigenvalue weighted by atomic mass is 16.4. The van der Waals surface area contributed by atoms with Crippen molar-refractivity contribution in [3.8, 4) is 0 Å². The molecule has 1 rings (SSSR count). The minimum Gasteiger partial charge on any atom is -0.481 e. The number of aliphatic carboxylic acids is 2. The number of nitrogens with one attached hydrogen (secondary N) is 2. The maximum absolute atomic E-state index is 12.8. The van der Waals surface area contributed by atoms with Gasteiger partial charge in [-0.05, 0) is 38.6 Å². The summed E-state index contributed by atoms with van der Waals surface area (Å²) in [5.74, 6) is -5.87. The topological polar surface area (TPSA) is 248 Å². The lowest BCUT2D eigenvalue weighted by Gasteiger charge is -2.28. The van der Waals surface area contributed by atoms with Crippen molar-refractivity contribution < 1.29 is 39.0 Å². The SMILES string of the molecule is NCCCCC(NC(=O)C(CC(N)=O)NC(=O)C1CCCN1C(=O)C(N)CC(=O)O)C(=O)O. The first kappa shape index (κ1) is 27.8. The number of carbonyl (C=O) groups is 6. The summed E-state index contributed by atoms with van der Waals surface area (Å²) in [5.41, 5.74) is 16.2. The number of carboxylic acid groups (broad SMARTS) is 2. The number of amides is 4. The fourth-order valence-electron chi connectivity index (χ4n) is 3.49. The van der Waals surface area contributed by atoms with E-state index in [1.165, 1.54) is 0 Å². The maximum Gasteiger partial charge on any atom is 0.326 e. The molecule has 4 unspecified atom stereocenters. The van der Waals surface area contributed by atoms with Gasteiger partial charge in [-0.1, -0.05) is 0 Å². The van der Waals surface area contributed by atoms with Crippen LogP contribution in [0.1, 0.15) is 44.9 Å². The van der Waals surface area contributed by atoms with Crippen LogP contribution in [0.25, 0.3) is 0 Å². The lowest BCUT2D eigenvalue weighted by Crippen LogP contribution is -2.57. The fourth-order valence-corrected chi connectivity index (χ4v) is 3.49. The third kappa shape index (κ3) is 9.02. The van der Waals surface area contributed by atoms with E-state index in [-0.39, 0.29) is 19.4 Å². The molecule has 0 radical (unpaired) electrons. The predicted octanol–water partition coefficient (Wildman–Crippen LogP) is -3.16. The van der Waals surface area contributed by atoms with Crippen LogP contribution < -0.4 is 27.8 Å². The zero-order chi connectivity index (χ0) is 25.1. The van der Waals surface area contributed by atoms with Crippen LogP contribution in [0.2, 0.25) is 0 Å². The van der Waals surface area contributed by atoms with Crippen molar-refractivity contribution in [2.45, 2.75) is 69.1 Å². The van der Waals surface area contributed by atoms with E-state index in [9.17, 15) is 33.9 Å². The van der Waals surface area contributed by atoms with Gasteiger partial charge in [-0.15, -0.1) is 0 Å². The molecule has 0 bridgehead atoms. The number of nitrogens with zero attached hydrogens (tertiary/aromatic N) is 1. The van der Waals surface area contributed by atoms with Crippen molar-refractivity contribution in [3.63, 3.8) is 0 Å². The van der Waals surface area contributed by atoms with Gasteiger partial charge in [-0.3, -0.25) is 24.0 Å². The molecular formula is C19H32N6O8. The summed E-state index contributed by atoms with van der Waals surface area (Å²) in [4.78, 5) is 72.7. The Labute approximate surface area is 190 Å². The van der Waals surface area contributed by atoms with E-state index in [2.05, 4.69) is 10.6 Å². The first-order chi connectivity index (χ1) is 15.5. The van der Waals surface area contributed by atoms with E-state index in [0.717, 1.165) is 4.90 Å². The third-order valence-electron chi connectivity index (χ3n) is 5.15. The quantitative estimate of drug-likeness (QED) is 0.125. The minimum absolute atomic E-state index is 0.0991. The van der Waals surface area contributed by atoms with E-state index in [1.54, 1.807) is 0 Å². The molecule has 0 spiro atoms. The van der Waals surface area contributed by atoms with Crippen LogP contribution in [-0.4, -0.2) is 87.9 Å². The molecule has 0 aromatic rings. The Bertz CT molecular complexity index is 761. The standard InChI is InChI=1S/C19H32N6O8/c20-6-2-1-4-11(19(32)33)23-16(29)12(9-14(22)26)24-17(30)13-5-3-7-25(13)18(31)10(21)8-15(27)28/h10-13H,1-9,20-21H2,(H2,22,26)(H,23,29)(H,24,30)(H,27,28)(H,32,33). The summed E-state index contributed by atoms with van der Waals surface area (Å²) in [5, 5.41) is 22.8. The van der Waals surface area contributed by atoms with Crippen molar-refractivity contribution in [1.82, 2.24) is 15.5 Å². The molecule has 1 aliphatic rings. The van der Waals surface area contributed by atoms with Crippen molar-refractivity contribution in [1.29, 1.82) is 0 Å². The zero-order valence-corrected chi connectivity index (χ0v) is 18.2. The Balaban J connectivity index is 2.89. The van der Waals surface area contributed by atoms with Gasteiger partial charge in [0.15, 0.2) is 0 Å². The molecule has 33 heavy (non-hydrogen) atoms. The second kappa shape index (κ2) is 13.3. The van der Waals surface area contributed by atoms with E-state index >= 15 is 0 Å². The highest BCUT2D eigenvalue weighted by molar-refractivity contribution is 5.96. The van der Waals surface area contributed by atoms with Gasteiger partial charge < -0.3 is 42.9 Å². The first-order valence-corrected chi connectivity index (χ1v) is 10.6. The van der Waals surface area contributed by atoms with Crippen LogP contribution in [0.4, 0.5) is 0 Å². The molecule has 1 aliphatic heterocycles. The van der Waals surface area contributed by atoms with Gasteiger partial charge in [-0.2, -0.15) is 0 Å². The van der Waals surface area contributed by atoms with Gasteiger partial charge in [0.25, 0.3) is 0 Å². The van der Waals surface area contributed by atoms with Crippen molar-refractivity contribution >= 4 is 35.6 Å². The number of primary amides is 1. The van der Waals surface area contributed by atoms with Crippen LogP contribution in [-0.2, 0) is 28.8 Å². The van der Waals surface area contributed by atoms with Crippen LogP contribution in [0.3, 0.4) is 0 Å². The number of nitrogens with two attached hydrogens (primary N) is 3. The summed E-state index contributed by atoms with van der Waals surface area (Å²) >= 11 is 0. The number of rotatable bonds is 14. The predicted molar refractivity (Wildman–Crippen MR) is 113 cm³/mol. The number of carbonyl (C=O) groups excluding carboxylic acids is 4. The van der Waals surface area contributed by atoms with Crippen molar-refractivity contribution in [2.24, 2.45) is 17.2 Å². The number of likely N-dealkylation sites (tertiary alicyclic amines) is 1. The number of hydrogen-bond acceptors (Lipinski definition) is 8. The fraction of sp³-hybridized carbons (Fsp3) is 0.684. The van der Waals surface area contributed by atoms with Gasteiger partial charge in [0, 0.05) is 6.54 Å². The molecule has 1 saturated heterocycles. The Morgan fingerprint density at radius 1 is 1.00 bits per heavy atom. The highest BCUT2D eigenvalue weighted by Crippen LogP contribution is 2.19. The second-order valence-electron chi connectivity index (χ2n) is 7.81. The molecule has 0 aliphatic carbocycles. The Kier molecular flexibility index (Phi) is 11.2. The van der Waals surface area contributed by atoms with E-state index in [1.807, 2.05) is 0 Å². The molecule has 4 amide bonds. The average Bonchev–Trinajstić information content (AvgIpc) is 3.20. The zero-order valence-electron chi connectivity index (χ0n) is 18.2. The average molecular weight is 472 g/mol. The molecule has 0 saturated carbocycles. The largest absolute Gasteiger partial charge is 0.481 e. The van der Waals surface area contributed by atoms with Crippen LogP contribution in [0.15, 0.2) is 0 Å². The van der Waals surface area contributed by atoms with E-state index in [4.69, 9.17) is 22.3 Å². The number of carboxylic acids is 2. The third-order valence-corrected chi connectivity index (χ3v) is 5.15.